The molecule has 0 saturated heterocycles. The number of halogens is 8. The second kappa shape index (κ2) is 9.94. The third-order valence-corrected chi connectivity index (χ3v) is 5.37. The first kappa shape index (κ1) is 26.6. The molecule has 0 aromatic heterocycles. The summed E-state index contributed by atoms with van der Waals surface area (Å²) in [5.41, 5.74) is 0.171. The molecule has 1 atom stereocenters. The van der Waals surface area contributed by atoms with Crippen molar-refractivity contribution in [2.24, 2.45) is 10.3 Å². The van der Waals surface area contributed by atoms with Gasteiger partial charge in [-0.3, -0.25) is 0 Å². The van der Waals surface area contributed by atoms with Crippen LogP contribution < -0.4 is 10.7 Å². The first-order valence-electron chi connectivity index (χ1n) is 9.73. The summed E-state index contributed by atoms with van der Waals surface area (Å²) < 4.78 is 78.6. The number of hydrogen-bond acceptors (Lipinski definition) is 4. The molecule has 1 aliphatic rings. The van der Waals surface area contributed by atoms with Crippen LogP contribution in [0.5, 0.6) is 0 Å². The molecular weight excluding hydrogens is 525 g/mol. The first-order chi connectivity index (χ1) is 16.2. The molecule has 0 fully saturated rings. The van der Waals surface area contributed by atoms with Gasteiger partial charge in [0.05, 0.1) is 11.9 Å². The second-order valence-electron chi connectivity index (χ2n) is 7.53. The highest BCUT2D eigenvalue weighted by molar-refractivity contribution is 6.34. The van der Waals surface area contributed by atoms with E-state index in [0.29, 0.717) is 16.7 Å². The highest BCUT2D eigenvalue weighted by atomic mass is 35.5. The fraction of sp³-hybridized carbons (Fsp3) is 0.286. The molecule has 0 bridgehead atoms. The molecule has 1 unspecified atom stereocenters. The SMILES string of the molecule is Cc1cc(C2=NOC(c3cc(Cl)cc(Cl)c3)(C(F)(F)F)C2)ccc1C=NNC(=O)NCC(F)(F)F. The van der Waals surface area contributed by atoms with Crippen molar-refractivity contribution >= 4 is 41.2 Å². The van der Waals surface area contributed by atoms with Crippen LogP contribution in [0.3, 0.4) is 0 Å². The standard InChI is InChI=1S/C21H16Cl2F6N4O2/c1-11-4-12(2-3-13(11)9-31-32-18(34)30-10-20(24,25)26)17-8-19(35-33-17,21(27,28)29)14-5-15(22)7-16(23)6-14/h2-7,9H,8,10H2,1H3,(H2,30,32,34). The van der Waals surface area contributed by atoms with Crippen LogP contribution in [0.15, 0.2) is 46.7 Å². The molecule has 0 aliphatic carbocycles. The van der Waals surface area contributed by atoms with Crippen molar-refractivity contribution in [2.75, 3.05) is 6.54 Å². The average molecular weight is 541 g/mol. The largest absolute Gasteiger partial charge is 0.435 e. The molecule has 0 radical (unpaired) electrons. The lowest BCUT2D eigenvalue weighted by molar-refractivity contribution is -0.275. The zero-order valence-electron chi connectivity index (χ0n) is 17.7. The van der Waals surface area contributed by atoms with Gasteiger partial charge in [-0.2, -0.15) is 31.4 Å². The van der Waals surface area contributed by atoms with Crippen molar-refractivity contribution < 1.29 is 36.0 Å². The van der Waals surface area contributed by atoms with Crippen molar-refractivity contribution in [3.05, 3.63) is 68.7 Å². The summed E-state index contributed by atoms with van der Waals surface area (Å²) in [4.78, 5) is 16.3. The van der Waals surface area contributed by atoms with Gasteiger partial charge in [-0.1, -0.05) is 40.5 Å². The van der Waals surface area contributed by atoms with Crippen LogP contribution in [-0.2, 0) is 10.4 Å². The van der Waals surface area contributed by atoms with Crippen molar-refractivity contribution in [2.45, 2.75) is 31.3 Å². The van der Waals surface area contributed by atoms with Gasteiger partial charge in [0.1, 0.15) is 6.54 Å². The van der Waals surface area contributed by atoms with Crippen LogP contribution in [0.2, 0.25) is 10.0 Å². The van der Waals surface area contributed by atoms with Gasteiger partial charge in [-0.15, -0.1) is 0 Å². The number of rotatable bonds is 5. The predicted molar refractivity (Wildman–Crippen MR) is 118 cm³/mol. The molecule has 35 heavy (non-hydrogen) atoms. The smallest absolute Gasteiger partial charge is 0.374 e. The zero-order chi connectivity index (χ0) is 26.0. The number of carbonyl (C=O) groups excluding carboxylic acids is 1. The fourth-order valence-corrected chi connectivity index (χ4v) is 3.75. The first-order valence-corrected chi connectivity index (χ1v) is 10.5. The molecule has 0 saturated carbocycles. The number of carbonyl (C=O) groups is 1. The number of nitrogens with one attached hydrogen (secondary N) is 2. The van der Waals surface area contributed by atoms with E-state index < -0.39 is 37.0 Å². The van der Waals surface area contributed by atoms with E-state index in [1.165, 1.54) is 30.5 Å². The minimum absolute atomic E-state index is 0.00774. The molecule has 1 aliphatic heterocycles. The highest BCUT2D eigenvalue weighted by Crippen LogP contribution is 2.49. The van der Waals surface area contributed by atoms with Crippen LogP contribution >= 0.6 is 23.2 Å². The highest BCUT2D eigenvalue weighted by Gasteiger charge is 2.62. The normalized spacial score (nSPS) is 18.4. The lowest BCUT2D eigenvalue weighted by Crippen LogP contribution is -2.42. The molecule has 2 aromatic rings. The van der Waals surface area contributed by atoms with Gasteiger partial charge >= 0.3 is 18.4 Å². The Morgan fingerprint density at radius 2 is 1.80 bits per heavy atom. The number of aryl methyl sites for hydroxylation is 1. The van der Waals surface area contributed by atoms with E-state index in [2.05, 4.69) is 10.3 Å². The van der Waals surface area contributed by atoms with Crippen molar-refractivity contribution in [3.63, 3.8) is 0 Å². The molecule has 2 amide bonds. The Bertz CT molecular complexity index is 1160. The number of amides is 2. The molecule has 188 valence electrons. The number of alkyl halides is 6. The second-order valence-corrected chi connectivity index (χ2v) is 8.40. The molecule has 14 heteroatoms. The average Bonchev–Trinajstić information content (AvgIpc) is 3.19. The maximum atomic E-state index is 14.1. The van der Waals surface area contributed by atoms with Crippen LogP contribution in [0.4, 0.5) is 31.1 Å². The van der Waals surface area contributed by atoms with E-state index >= 15 is 0 Å². The van der Waals surface area contributed by atoms with Gasteiger partial charge in [-0.05, 0) is 47.9 Å². The topological polar surface area (TPSA) is 75.1 Å². The van der Waals surface area contributed by atoms with Crippen molar-refractivity contribution in [3.8, 4) is 0 Å². The van der Waals surface area contributed by atoms with E-state index in [1.54, 1.807) is 12.2 Å². The van der Waals surface area contributed by atoms with Gasteiger partial charge in [-0.25, -0.2) is 10.2 Å². The zero-order valence-corrected chi connectivity index (χ0v) is 19.2. The predicted octanol–water partition coefficient (Wildman–Crippen LogP) is 6.08. The molecule has 2 aromatic carbocycles. The van der Waals surface area contributed by atoms with Crippen molar-refractivity contribution in [1.29, 1.82) is 0 Å². The van der Waals surface area contributed by atoms with E-state index in [1.807, 2.05) is 5.43 Å². The Kier molecular flexibility index (Phi) is 7.56. The molecule has 3 rings (SSSR count). The number of hydrazone groups is 1. The Morgan fingerprint density at radius 3 is 2.37 bits per heavy atom. The Morgan fingerprint density at radius 1 is 1.14 bits per heavy atom. The number of nitrogens with zero attached hydrogens (tertiary/aromatic N) is 2. The minimum Gasteiger partial charge on any atom is -0.374 e. The maximum Gasteiger partial charge on any atom is 0.435 e. The summed E-state index contributed by atoms with van der Waals surface area (Å²) in [5, 5.41) is 8.83. The van der Waals surface area contributed by atoms with Crippen LogP contribution in [-0.4, -0.2) is 36.9 Å². The number of hydrogen-bond donors (Lipinski definition) is 2. The van der Waals surface area contributed by atoms with Gasteiger partial charge in [0.25, 0.3) is 5.60 Å². The number of urea groups is 1. The molecule has 1 heterocycles. The van der Waals surface area contributed by atoms with Crippen LogP contribution in [0, 0.1) is 6.92 Å². The Balaban J connectivity index is 1.75. The fourth-order valence-electron chi connectivity index (χ4n) is 3.23. The Hall–Kier alpha value is -2.99. The number of benzene rings is 2. The number of oxime groups is 1. The summed E-state index contributed by atoms with van der Waals surface area (Å²) in [6, 6.07) is 6.86. The lowest BCUT2D eigenvalue weighted by atomic mass is 9.86. The molecular formula is C21H16Cl2F6N4O2. The summed E-state index contributed by atoms with van der Waals surface area (Å²) >= 11 is 11.8. The van der Waals surface area contributed by atoms with E-state index in [0.717, 1.165) is 12.1 Å². The molecule has 2 N–H and O–H groups in total. The van der Waals surface area contributed by atoms with Gasteiger partial charge in [0.2, 0.25) is 0 Å². The van der Waals surface area contributed by atoms with Crippen LogP contribution in [0.1, 0.15) is 28.7 Å². The summed E-state index contributed by atoms with van der Waals surface area (Å²) in [6.07, 6.45) is -8.87. The quantitative estimate of drug-likeness (QED) is 0.274. The van der Waals surface area contributed by atoms with Crippen LogP contribution in [0.25, 0.3) is 0 Å². The van der Waals surface area contributed by atoms with E-state index in [-0.39, 0.29) is 21.3 Å². The van der Waals surface area contributed by atoms with E-state index in [9.17, 15) is 31.1 Å². The molecule has 0 spiro atoms. The monoisotopic (exact) mass is 540 g/mol. The lowest BCUT2D eigenvalue weighted by Gasteiger charge is -2.29. The van der Waals surface area contributed by atoms with Gasteiger partial charge < -0.3 is 10.2 Å². The summed E-state index contributed by atoms with van der Waals surface area (Å²) in [6.45, 7) is 0.103. The van der Waals surface area contributed by atoms with Gasteiger partial charge in [0, 0.05) is 22.0 Å². The third-order valence-electron chi connectivity index (χ3n) is 4.94. The molecule has 6 nitrogen and oxygen atoms in total. The third kappa shape index (κ3) is 6.37. The summed E-state index contributed by atoms with van der Waals surface area (Å²) in [5.74, 6) is 0. The van der Waals surface area contributed by atoms with E-state index in [4.69, 9.17) is 28.0 Å². The Labute approximate surface area is 204 Å². The van der Waals surface area contributed by atoms with Crippen molar-refractivity contribution in [1.82, 2.24) is 10.7 Å². The maximum absolute atomic E-state index is 14.1. The van der Waals surface area contributed by atoms with Gasteiger partial charge in [0.15, 0.2) is 0 Å². The minimum atomic E-state index is -4.84. The summed E-state index contributed by atoms with van der Waals surface area (Å²) in [7, 11) is 0.